The van der Waals surface area contributed by atoms with E-state index in [1.54, 1.807) is 0 Å². The first kappa shape index (κ1) is 7.64. The Morgan fingerprint density at radius 1 is 1.82 bits per heavy atom. The van der Waals surface area contributed by atoms with Crippen LogP contribution < -0.4 is 0 Å². The van der Waals surface area contributed by atoms with E-state index >= 15 is 0 Å². The zero-order valence-corrected chi connectivity index (χ0v) is 6.10. The Morgan fingerprint density at radius 3 is 3.09 bits per heavy atom. The third kappa shape index (κ3) is 1.51. The van der Waals surface area contributed by atoms with Gasteiger partial charge in [-0.3, -0.25) is 0 Å². The average molecular weight is 156 g/mol. The van der Waals surface area contributed by atoms with Gasteiger partial charge in [0.15, 0.2) is 6.33 Å². The molecule has 0 aliphatic carbocycles. The summed E-state index contributed by atoms with van der Waals surface area (Å²) in [7, 11) is 0. The van der Waals surface area contributed by atoms with Crippen LogP contribution in [0, 0.1) is 10.1 Å². The molecule has 0 fully saturated rings. The Morgan fingerprint density at radius 2 is 2.55 bits per heavy atom. The molecule has 0 bridgehead atoms. The van der Waals surface area contributed by atoms with Gasteiger partial charge in [-0.25, -0.2) is 4.57 Å². The Balaban J connectivity index is 2.87. The highest BCUT2D eigenvalue weighted by atomic mass is 16.6. The highest BCUT2D eigenvalue weighted by molar-refractivity contribution is 5.00. The van der Waals surface area contributed by atoms with Crippen molar-refractivity contribution in [1.29, 1.82) is 0 Å². The molecule has 60 valence electrons. The number of nitro groups is 1. The summed E-state index contributed by atoms with van der Waals surface area (Å²) < 4.78 is 1.42. The van der Waals surface area contributed by atoms with Gasteiger partial charge in [0.1, 0.15) is 0 Å². The second-order valence-corrected chi connectivity index (χ2v) is 2.08. The number of nitrogens with zero attached hydrogens (tertiary/aromatic N) is 4. The van der Waals surface area contributed by atoms with E-state index in [1.165, 1.54) is 10.9 Å². The molecule has 0 aliphatic heterocycles. The fourth-order valence-corrected chi connectivity index (χ4v) is 0.789. The number of aromatic nitrogens is 3. The van der Waals surface area contributed by atoms with Gasteiger partial charge >= 0.3 is 5.95 Å². The molecule has 0 N–H and O–H groups in total. The van der Waals surface area contributed by atoms with Crippen molar-refractivity contribution >= 4 is 5.95 Å². The van der Waals surface area contributed by atoms with Crippen molar-refractivity contribution in [3.8, 4) is 0 Å². The lowest BCUT2D eigenvalue weighted by Gasteiger charge is -1.95. The molecule has 6 heteroatoms. The Kier molecular flexibility index (Phi) is 2.15. The summed E-state index contributed by atoms with van der Waals surface area (Å²) in [5.41, 5.74) is 0. The summed E-state index contributed by atoms with van der Waals surface area (Å²) in [6, 6.07) is 0. The van der Waals surface area contributed by atoms with Gasteiger partial charge < -0.3 is 10.1 Å². The van der Waals surface area contributed by atoms with Crippen LogP contribution in [0.5, 0.6) is 0 Å². The van der Waals surface area contributed by atoms with Crippen molar-refractivity contribution in [2.75, 3.05) is 0 Å². The molecule has 1 aromatic rings. The minimum Gasteiger partial charge on any atom is -0.390 e. The first-order valence-electron chi connectivity index (χ1n) is 3.28. The summed E-state index contributed by atoms with van der Waals surface area (Å²) >= 11 is 0. The third-order valence-corrected chi connectivity index (χ3v) is 1.22. The molecule has 0 saturated carbocycles. The second kappa shape index (κ2) is 3.09. The van der Waals surface area contributed by atoms with Gasteiger partial charge in [-0.05, 0) is 16.4 Å². The van der Waals surface area contributed by atoms with E-state index in [4.69, 9.17) is 0 Å². The van der Waals surface area contributed by atoms with Gasteiger partial charge in [0, 0.05) is 0 Å². The molecule has 11 heavy (non-hydrogen) atoms. The van der Waals surface area contributed by atoms with Crippen molar-refractivity contribution in [2.24, 2.45) is 0 Å². The highest BCUT2D eigenvalue weighted by Crippen LogP contribution is 2.05. The lowest BCUT2D eigenvalue weighted by atomic mass is 10.5. The lowest BCUT2D eigenvalue weighted by molar-refractivity contribution is -0.397. The van der Waals surface area contributed by atoms with Gasteiger partial charge in [0.25, 0.3) is 0 Å². The molecule has 1 aromatic heterocycles. The van der Waals surface area contributed by atoms with E-state index in [2.05, 4.69) is 10.2 Å². The van der Waals surface area contributed by atoms with Gasteiger partial charge in [-0.1, -0.05) is 6.92 Å². The maximum absolute atomic E-state index is 10.2. The number of hydrogen-bond donors (Lipinski definition) is 0. The van der Waals surface area contributed by atoms with Crippen LogP contribution in [0.25, 0.3) is 0 Å². The number of aryl methyl sites for hydroxylation is 1. The van der Waals surface area contributed by atoms with E-state index < -0.39 is 4.92 Å². The van der Waals surface area contributed by atoms with E-state index in [9.17, 15) is 10.1 Å². The van der Waals surface area contributed by atoms with Crippen LogP contribution in [0.15, 0.2) is 6.33 Å². The number of hydrogen-bond acceptors (Lipinski definition) is 4. The Labute approximate surface area is 63.0 Å². The number of rotatable bonds is 3. The van der Waals surface area contributed by atoms with Crippen LogP contribution in [0.4, 0.5) is 5.95 Å². The van der Waals surface area contributed by atoms with Crippen molar-refractivity contribution in [1.82, 2.24) is 14.8 Å². The maximum Gasteiger partial charge on any atom is 0.458 e. The summed E-state index contributed by atoms with van der Waals surface area (Å²) in [6.45, 7) is 2.52. The fourth-order valence-electron chi connectivity index (χ4n) is 0.789. The topological polar surface area (TPSA) is 73.8 Å². The zero-order valence-electron chi connectivity index (χ0n) is 6.10. The smallest absolute Gasteiger partial charge is 0.390 e. The second-order valence-electron chi connectivity index (χ2n) is 2.08. The monoisotopic (exact) mass is 156 g/mol. The van der Waals surface area contributed by atoms with Crippen LogP contribution in [0.3, 0.4) is 0 Å². The quantitative estimate of drug-likeness (QED) is 0.474. The van der Waals surface area contributed by atoms with Crippen molar-refractivity contribution < 1.29 is 4.92 Å². The largest absolute Gasteiger partial charge is 0.458 e. The van der Waals surface area contributed by atoms with E-state index in [0.717, 1.165) is 6.42 Å². The molecule has 0 amide bonds. The van der Waals surface area contributed by atoms with Crippen LogP contribution in [-0.2, 0) is 6.54 Å². The molecule has 0 spiro atoms. The normalized spacial score (nSPS) is 9.91. The van der Waals surface area contributed by atoms with Crippen LogP contribution in [0.1, 0.15) is 13.3 Å². The van der Waals surface area contributed by atoms with Gasteiger partial charge in [-0.2, -0.15) is 0 Å². The minimum absolute atomic E-state index is 0.188. The molecule has 1 heterocycles. The molecule has 1 rings (SSSR count). The molecule has 0 atom stereocenters. The molecule has 0 aliphatic rings. The third-order valence-electron chi connectivity index (χ3n) is 1.22. The predicted molar refractivity (Wildman–Crippen MR) is 37.0 cm³/mol. The van der Waals surface area contributed by atoms with Crippen LogP contribution in [-0.4, -0.2) is 19.7 Å². The maximum atomic E-state index is 10.2. The predicted octanol–water partition coefficient (Wildman–Crippen LogP) is 0.596. The zero-order chi connectivity index (χ0) is 8.27. The molecular formula is C5H8N4O2. The van der Waals surface area contributed by atoms with Crippen LogP contribution in [0.2, 0.25) is 0 Å². The van der Waals surface area contributed by atoms with Gasteiger partial charge in [0.2, 0.25) is 0 Å². The Hall–Kier alpha value is -1.46. The molecule has 0 saturated heterocycles. The first-order chi connectivity index (χ1) is 5.25. The molecular weight excluding hydrogens is 148 g/mol. The van der Waals surface area contributed by atoms with E-state index in [0.29, 0.717) is 6.54 Å². The van der Waals surface area contributed by atoms with Crippen molar-refractivity contribution in [3.63, 3.8) is 0 Å². The SMILES string of the molecule is CCCn1cnnc1[N+](=O)[O-]. The van der Waals surface area contributed by atoms with Crippen LogP contribution >= 0.6 is 0 Å². The first-order valence-corrected chi connectivity index (χ1v) is 3.28. The van der Waals surface area contributed by atoms with Gasteiger partial charge in [0.05, 0.1) is 11.6 Å². The van der Waals surface area contributed by atoms with E-state index in [-0.39, 0.29) is 5.95 Å². The fraction of sp³-hybridized carbons (Fsp3) is 0.600. The van der Waals surface area contributed by atoms with Crippen molar-refractivity contribution in [3.05, 3.63) is 16.4 Å². The van der Waals surface area contributed by atoms with Gasteiger partial charge in [-0.15, -0.1) is 0 Å². The molecule has 0 radical (unpaired) electrons. The molecule has 0 aromatic carbocycles. The minimum atomic E-state index is -0.539. The molecule has 6 nitrogen and oxygen atoms in total. The average Bonchev–Trinajstić information content (AvgIpc) is 2.36. The van der Waals surface area contributed by atoms with Crippen molar-refractivity contribution in [2.45, 2.75) is 19.9 Å². The lowest BCUT2D eigenvalue weighted by Crippen LogP contribution is -2.01. The molecule has 0 unspecified atom stereocenters. The summed E-state index contributed by atoms with van der Waals surface area (Å²) in [5.74, 6) is -0.188. The summed E-state index contributed by atoms with van der Waals surface area (Å²) in [4.78, 5) is 9.70. The highest BCUT2D eigenvalue weighted by Gasteiger charge is 2.13. The summed E-state index contributed by atoms with van der Waals surface area (Å²) in [5, 5.41) is 17.0. The summed E-state index contributed by atoms with van der Waals surface area (Å²) in [6.07, 6.45) is 2.19. The van der Waals surface area contributed by atoms with E-state index in [1.807, 2.05) is 6.92 Å². The standard InChI is InChI=1S/C5H8N4O2/c1-2-3-8-4-6-7-5(8)9(10)11/h4H,2-3H2,1H3. The Bertz CT molecular complexity index is 257.